The first-order valence-corrected chi connectivity index (χ1v) is 7.92. The standard InChI is InChI=1S/C15H29N3O/c1-3-18(13-7-5-4-6-8-13)15(19)12-17(2)14-9-10-16-11-14/h13-14,16H,3-12H2,1-2H3. The van der Waals surface area contributed by atoms with Crippen molar-refractivity contribution in [1.29, 1.82) is 0 Å². The van der Waals surface area contributed by atoms with Gasteiger partial charge in [-0.1, -0.05) is 19.3 Å². The number of rotatable bonds is 5. The zero-order valence-corrected chi connectivity index (χ0v) is 12.5. The Morgan fingerprint density at radius 1 is 1.16 bits per heavy atom. The second kappa shape index (κ2) is 7.25. The van der Waals surface area contributed by atoms with E-state index in [-0.39, 0.29) is 0 Å². The molecule has 110 valence electrons. The first kappa shape index (κ1) is 14.8. The smallest absolute Gasteiger partial charge is 0.236 e. The summed E-state index contributed by atoms with van der Waals surface area (Å²) in [4.78, 5) is 16.9. The van der Waals surface area contributed by atoms with Crippen LogP contribution >= 0.6 is 0 Å². The average molecular weight is 267 g/mol. The van der Waals surface area contributed by atoms with Gasteiger partial charge in [0.2, 0.25) is 5.91 Å². The van der Waals surface area contributed by atoms with Crippen molar-refractivity contribution < 1.29 is 4.79 Å². The van der Waals surface area contributed by atoms with Gasteiger partial charge in [-0.05, 0) is 39.8 Å². The molecule has 2 fully saturated rings. The van der Waals surface area contributed by atoms with Crippen LogP contribution in [0.15, 0.2) is 0 Å². The minimum absolute atomic E-state index is 0.323. The fourth-order valence-corrected chi connectivity index (χ4v) is 3.48. The van der Waals surface area contributed by atoms with Crippen LogP contribution in [0, 0.1) is 0 Å². The third kappa shape index (κ3) is 3.93. The topological polar surface area (TPSA) is 35.6 Å². The predicted molar refractivity (Wildman–Crippen MR) is 78.2 cm³/mol. The van der Waals surface area contributed by atoms with Crippen LogP contribution in [0.2, 0.25) is 0 Å². The minimum Gasteiger partial charge on any atom is -0.339 e. The maximum atomic E-state index is 12.5. The van der Waals surface area contributed by atoms with Gasteiger partial charge in [-0.25, -0.2) is 0 Å². The molecule has 2 rings (SSSR count). The highest BCUT2D eigenvalue weighted by atomic mass is 16.2. The number of nitrogens with zero attached hydrogens (tertiary/aromatic N) is 2. The lowest BCUT2D eigenvalue weighted by molar-refractivity contribution is -0.135. The van der Waals surface area contributed by atoms with Crippen molar-refractivity contribution in [2.75, 3.05) is 33.2 Å². The Morgan fingerprint density at radius 3 is 2.47 bits per heavy atom. The molecule has 1 N–H and O–H groups in total. The Labute approximate surface area is 117 Å². The predicted octanol–water partition coefficient (Wildman–Crippen LogP) is 1.46. The summed E-state index contributed by atoms with van der Waals surface area (Å²) in [5, 5.41) is 3.37. The van der Waals surface area contributed by atoms with Gasteiger partial charge >= 0.3 is 0 Å². The van der Waals surface area contributed by atoms with Crippen molar-refractivity contribution in [2.45, 2.75) is 57.5 Å². The summed E-state index contributed by atoms with van der Waals surface area (Å²) >= 11 is 0. The molecule has 19 heavy (non-hydrogen) atoms. The Morgan fingerprint density at radius 2 is 1.89 bits per heavy atom. The summed E-state index contributed by atoms with van der Waals surface area (Å²) in [7, 11) is 2.09. The van der Waals surface area contributed by atoms with Crippen molar-refractivity contribution in [1.82, 2.24) is 15.1 Å². The number of nitrogens with one attached hydrogen (secondary N) is 1. The molecule has 4 heteroatoms. The monoisotopic (exact) mass is 267 g/mol. The van der Waals surface area contributed by atoms with E-state index in [9.17, 15) is 4.79 Å². The maximum Gasteiger partial charge on any atom is 0.236 e. The van der Waals surface area contributed by atoms with Crippen molar-refractivity contribution in [3.05, 3.63) is 0 Å². The van der Waals surface area contributed by atoms with Gasteiger partial charge in [0.1, 0.15) is 0 Å². The van der Waals surface area contributed by atoms with Crippen LogP contribution in [0.1, 0.15) is 45.4 Å². The fraction of sp³-hybridized carbons (Fsp3) is 0.933. The van der Waals surface area contributed by atoms with Gasteiger partial charge in [0.15, 0.2) is 0 Å². The number of carbonyl (C=O) groups excluding carboxylic acids is 1. The summed E-state index contributed by atoms with van der Waals surface area (Å²) in [6.45, 7) is 5.67. The molecule has 0 radical (unpaired) electrons. The SMILES string of the molecule is CCN(C(=O)CN(C)C1CCNC1)C1CCCCC1. The second-order valence-electron chi connectivity index (χ2n) is 6.03. The molecule has 0 aromatic heterocycles. The zero-order chi connectivity index (χ0) is 13.7. The van der Waals surface area contributed by atoms with E-state index < -0.39 is 0 Å². The summed E-state index contributed by atoms with van der Waals surface area (Å²) in [5.41, 5.74) is 0. The van der Waals surface area contributed by atoms with Crippen LogP contribution in [-0.2, 0) is 4.79 Å². The molecule has 0 aromatic rings. The van der Waals surface area contributed by atoms with E-state index in [0.29, 0.717) is 24.5 Å². The lowest BCUT2D eigenvalue weighted by Crippen LogP contribution is -2.47. The minimum atomic E-state index is 0.323. The van der Waals surface area contributed by atoms with Crippen molar-refractivity contribution in [3.63, 3.8) is 0 Å². The zero-order valence-electron chi connectivity index (χ0n) is 12.5. The Balaban J connectivity index is 1.84. The summed E-state index contributed by atoms with van der Waals surface area (Å²) in [5.74, 6) is 0.323. The van der Waals surface area contributed by atoms with Gasteiger partial charge in [-0.2, -0.15) is 0 Å². The maximum absolute atomic E-state index is 12.5. The normalized spacial score (nSPS) is 24.9. The van der Waals surface area contributed by atoms with Crippen LogP contribution in [-0.4, -0.2) is 61.0 Å². The first-order valence-electron chi connectivity index (χ1n) is 7.92. The van der Waals surface area contributed by atoms with E-state index in [1.54, 1.807) is 0 Å². The van der Waals surface area contributed by atoms with Gasteiger partial charge < -0.3 is 10.2 Å². The largest absolute Gasteiger partial charge is 0.339 e. The van der Waals surface area contributed by atoms with E-state index in [0.717, 1.165) is 19.6 Å². The molecule has 2 aliphatic rings. The number of hydrogen-bond donors (Lipinski definition) is 1. The molecule has 1 saturated heterocycles. The molecule has 0 bridgehead atoms. The molecule has 0 aromatic carbocycles. The lowest BCUT2D eigenvalue weighted by atomic mass is 9.94. The van der Waals surface area contributed by atoms with Gasteiger partial charge in [0.25, 0.3) is 0 Å². The summed E-state index contributed by atoms with van der Waals surface area (Å²) < 4.78 is 0. The molecule has 1 atom stereocenters. The van der Waals surface area contributed by atoms with Crippen LogP contribution in [0.3, 0.4) is 0 Å². The van der Waals surface area contributed by atoms with E-state index in [4.69, 9.17) is 0 Å². The van der Waals surface area contributed by atoms with E-state index >= 15 is 0 Å². The number of likely N-dealkylation sites (N-methyl/N-ethyl adjacent to an activating group) is 2. The molecule has 1 amide bonds. The average Bonchev–Trinajstić information content (AvgIpc) is 2.94. The second-order valence-corrected chi connectivity index (χ2v) is 6.03. The van der Waals surface area contributed by atoms with E-state index in [2.05, 4.69) is 29.1 Å². The van der Waals surface area contributed by atoms with Gasteiger partial charge in [0.05, 0.1) is 6.54 Å². The molecule has 0 spiro atoms. The molecule has 1 aliphatic carbocycles. The highest BCUT2D eigenvalue weighted by Crippen LogP contribution is 2.22. The van der Waals surface area contributed by atoms with Gasteiger partial charge in [-0.15, -0.1) is 0 Å². The molecule has 1 heterocycles. The van der Waals surface area contributed by atoms with E-state index in [1.165, 1.54) is 38.5 Å². The molecule has 1 saturated carbocycles. The number of amides is 1. The highest BCUT2D eigenvalue weighted by Gasteiger charge is 2.27. The third-order valence-corrected chi connectivity index (χ3v) is 4.72. The Bertz CT molecular complexity index is 283. The molecular formula is C15H29N3O. The highest BCUT2D eigenvalue weighted by molar-refractivity contribution is 5.78. The first-order chi connectivity index (χ1) is 9.22. The lowest BCUT2D eigenvalue weighted by Gasteiger charge is -2.35. The number of carbonyl (C=O) groups is 1. The van der Waals surface area contributed by atoms with Crippen molar-refractivity contribution in [2.24, 2.45) is 0 Å². The molecule has 1 unspecified atom stereocenters. The quantitative estimate of drug-likeness (QED) is 0.819. The van der Waals surface area contributed by atoms with Crippen molar-refractivity contribution in [3.8, 4) is 0 Å². The fourth-order valence-electron chi connectivity index (χ4n) is 3.48. The van der Waals surface area contributed by atoms with Crippen LogP contribution in [0.4, 0.5) is 0 Å². The third-order valence-electron chi connectivity index (χ3n) is 4.72. The van der Waals surface area contributed by atoms with Gasteiger partial charge in [-0.3, -0.25) is 9.69 Å². The molecular weight excluding hydrogens is 238 g/mol. The van der Waals surface area contributed by atoms with Crippen LogP contribution < -0.4 is 5.32 Å². The van der Waals surface area contributed by atoms with Crippen LogP contribution in [0.5, 0.6) is 0 Å². The van der Waals surface area contributed by atoms with E-state index in [1.807, 2.05) is 0 Å². The van der Waals surface area contributed by atoms with Crippen molar-refractivity contribution >= 4 is 5.91 Å². The number of hydrogen-bond acceptors (Lipinski definition) is 3. The molecule has 4 nitrogen and oxygen atoms in total. The Hall–Kier alpha value is -0.610. The summed E-state index contributed by atoms with van der Waals surface area (Å²) in [6, 6.07) is 1.04. The Kier molecular flexibility index (Phi) is 5.64. The molecule has 1 aliphatic heterocycles. The summed E-state index contributed by atoms with van der Waals surface area (Å²) in [6.07, 6.45) is 7.49. The van der Waals surface area contributed by atoms with Gasteiger partial charge in [0, 0.05) is 25.2 Å². The van der Waals surface area contributed by atoms with Crippen LogP contribution in [0.25, 0.3) is 0 Å².